The number of fused-ring (bicyclic) bond motifs is 1. The van der Waals surface area contributed by atoms with Crippen molar-refractivity contribution in [3.8, 4) is 0 Å². The molecule has 2 unspecified atom stereocenters. The third-order valence-electron chi connectivity index (χ3n) is 4.04. The average Bonchev–Trinajstić information content (AvgIpc) is 3.01. The lowest BCUT2D eigenvalue weighted by Gasteiger charge is -2.10. The second kappa shape index (κ2) is 5.40. The number of hydrogen-bond acceptors (Lipinski definition) is 4. The zero-order valence-electron chi connectivity index (χ0n) is 11.6. The molecule has 1 aliphatic carbocycles. The van der Waals surface area contributed by atoms with E-state index in [1.54, 1.807) is 6.20 Å². The van der Waals surface area contributed by atoms with Crippen molar-refractivity contribution in [1.29, 1.82) is 0 Å². The number of carbonyl (C=O) groups is 1. The number of carbonyl (C=O) groups excluding carboxylic acids is 1. The highest BCUT2D eigenvalue weighted by molar-refractivity contribution is 7.21. The number of thiophene rings is 1. The number of rotatable bonds is 3. The van der Waals surface area contributed by atoms with Gasteiger partial charge < -0.3 is 11.1 Å². The Morgan fingerprint density at radius 1 is 1.55 bits per heavy atom. The minimum atomic E-state index is -0.0648. The molecule has 2 atom stereocenters. The van der Waals surface area contributed by atoms with Gasteiger partial charge in [-0.15, -0.1) is 11.3 Å². The molecule has 5 heteroatoms. The zero-order chi connectivity index (χ0) is 14.1. The molecule has 0 bridgehead atoms. The summed E-state index contributed by atoms with van der Waals surface area (Å²) in [6.45, 7) is 3.03. The monoisotopic (exact) mass is 289 g/mol. The van der Waals surface area contributed by atoms with E-state index in [0.717, 1.165) is 22.7 Å². The van der Waals surface area contributed by atoms with E-state index >= 15 is 0 Å². The second-order valence-corrected chi connectivity index (χ2v) is 6.74. The van der Waals surface area contributed by atoms with Crippen LogP contribution in [0.15, 0.2) is 18.3 Å². The highest BCUT2D eigenvalue weighted by Crippen LogP contribution is 2.32. The zero-order valence-corrected chi connectivity index (χ0v) is 12.4. The number of nitrogen functional groups attached to an aromatic ring is 1. The topological polar surface area (TPSA) is 68.0 Å². The summed E-state index contributed by atoms with van der Waals surface area (Å²) in [5, 5.41) is 3.03. The summed E-state index contributed by atoms with van der Waals surface area (Å²) in [5.41, 5.74) is 7.27. The highest BCUT2D eigenvalue weighted by atomic mass is 32.1. The molecule has 3 N–H and O–H groups in total. The summed E-state index contributed by atoms with van der Waals surface area (Å²) in [5.74, 6) is 1.34. The molecular formula is C15H19N3OS. The Kier molecular flexibility index (Phi) is 3.61. The Hall–Kier alpha value is -1.62. The second-order valence-electron chi connectivity index (χ2n) is 5.69. The van der Waals surface area contributed by atoms with E-state index in [-0.39, 0.29) is 5.91 Å². The third-order valence-corrected chi connectivity index (χ3v) is 5.20. The smallest absolute Gasteiger partial charge is 0.263 e. The maximum Gasteiger partial charge on any atom is 0.263 e. The summed E-state index contributed by atoms with van der Waals surface area (Å²) in [7, 11) is 0. The van der Waals surface area contributed by atoms with Crippen LogP contribution < -0.4 is 11.1 Å². The van der Waals surface area contributed by atoms with Gasteiger partial charge in [0, 0.05) is 12.7 Å². The molecule has 0 radical (unpaired) electrons. The van der Waals surface area contributed by atoms with Crippen molar-refractivity contribution in [3.63, 3.8) is 0 Å². The number of pyridine rings is 1. The maximum atomic E-state index is 12.3. The SMILES string of the molecule is CC1CCC(CNC(=O)c2sc3cccnc3c2N)C1. The largest absolute Gasteiger partial charge is 0.396 e. The van der Waals surface area contributed by atoms with Gasteiger partial charge in [-0.1, -0.05) is 13.3 Å². The molecule has 4 nitrogen and oxygen atoms in total. The predicted octanol–water partition coefficient (Wildman–Crippen LogP) is 3.04. The molecule has 0 spiro atoms. The van der Waals surface area contributed by atoms with Gasteiger partial charge in [-0.25, -0.2) is 0 Å². The van der Waals surface area contributed by atoms with E-state index in [0.29, 0.717) is 16.5 Å². The van der Waals surface area contributed by atoms with Crippen LogP contribution >= 0.6 is 11.3 Å². The van der Waals surface area contributed by atoms with Crippen molar-refractivity contribution in [2.24, 2.45) is 11.8 Å². The summed E-state index contributed by atoms with van der Waals surface area (Å²) in [4.78, 5) is 17.1. The average molecular weight is 289 g/mol. The van der Waals surface area contributed by atoms with Crippen LogP contribution in [-0.4, -0.2) is 17.4 Å². The van der Waals surface area contributed by atoms with E-state index < -0.39 is 0 Å². The van der Waals surface area contributed by atoms with Crippen LogP contribution in [0.5, 0.6) is 0 Å². The van der Waals surface area contributed by atoms with Crippen LogP contribution in [0.1, 0.15) is 35.9 Å². The Morgan fingerprint density at radius 2 is 2.40 bits per heavy atom. The number of anilines is 1. The lowest BCUT2D eigenvalue weighted by molar-refractivity contribution is 0.0952. The van der Waals surface area contributed by atoms with Crippen molar-refractivity contribution in [3.05, 3.63) is 23.2 Å². The van der Waals surface area contributed by atoms with Crippen LogP contribution in [0.4, 0.5) is 5.69 Å². The maximum absolute atomic E-state index is 12.3. The highest BCUT2D eigenvalue weighted by Gasteiger charge is 2.23. The first kappa shape index (κ1) is 13.4. The summed E-state index contributed by atoms with van der Waals surface area (Å²) >= 11 is 1.42. The molecular weight excluding hydrogens is 270 g/mol. The number of amides is 1. The summed E-state index contributed by atoms with van der Waals surface area (Å²) < 4.78 is 0.963. The number of nitrogens with zero attached hydrogens (tertiary/aromatic N) is 1. The van der Waals surface area contributed by atoms with Crippen molar-refractivity contribution in [2.45, 2.75) is 26.2 Å². The predicted molar refractivity (Wildman–Crippen MR) is 82.9 cm³/mol. The van der Waals surface area contributed by atoms with Crippen LogP contribution in [-0.2, 0) is 0 Å². The Labute approximate surface area is 122 Å². The molecule has 0 saturated heterocycles. The number of nitrogens with two attached hydrogens (primary N) is 1. The molecule has 2 aromatic heterocycles. The molecule has 106 valence electrons. The molecule has 1 amide bonds. The molecule has 2 aromatic rings. The van der Waals surface area contributed by atoms with Gasteiger partial charge in [-0.3, -0.25) is 9.78 Å². The fourth-order valence-corrected chi connectivity index (χ4v) is 3.94. The van der Waals surface area contributed by atoms with Crippen LogP contribution in [0.3, 0.4) is 0 Å². The van der Waals surface area contributed by atoms with Crippen molar-refractivity contribution in [1.82, 2.24) is 10.3 Å². The molecule has 0 aliphatic heterocycles. The van der Waals surface area contributed by atoms with Gasteiger partial charge in [0.1, 0.15) is 10.4 Å². The van der Waals surface area contributed by atoms with Gasteiger partial charge in [0.05, 0.1) is 10.4 Å². The first-order valence-corrected chi connectivity index (χ1v) is 7.88. The van der Waals surface area contributed by atoms with Gasteiger partial charge in [-0.2, -0.15) is 0 Å². The van der Waals surface area contributed by atoms with Crippen LogP contribution in [0, 0.1) is 11.8 Å². The number of nitrogens with one attached hydrogen (secondary N) is 1. The Bertz CT molecular complexity index is 637. The molecule has 3 rings (SSSR count). The molecule has 2 heterocycles. The van der Waals surface area contributed by atoms with E-state index in [1.165, 1.54) is 30.6 Å². The minimum Gasteiger partial charge on any atom is -0.396 e. The Morgan fingerprint density at radius 3 is 3.10 bits per heavy atom. The van der Waals surface area contributed by atoms with E-state index in [9.17, 15) is 4.79 Å². The normalized spacial score (nSPS) is 22.2. The fourth-order valence-electron chi connectivity index (χ4n) is 2.94. The van der Waals surface area contributed by atoms with Crippen molar-refractivity contribution >= 4 is 33.1 Å². The third kappa shape index (κ3) is 2.50. The summed E-state index contributed by atoms with van der Waals surface area (Å²) in [6, 6.07) is 3.80. The molecule has 1 fully saturated rings. The lowest BCUT2D eigenvalue weighted by Crippen LogP contribution is -2.28. The van der Waals surface area contributed by atoms with Gasteiger partial charge in [0.2, 0.25) is 0 Å². The number of aromatic nitrogens is 1. The van der Waals surface area contributed by atoms with Crippen LogP contribution in [0.25, 0.3) is 10.2 Å². The van der Waals surface area contributed by atoms with Crippen molar-refractivity contribution < 1.29 is 4.79 Å². The number of hydrogen-bond donors (Lipinski definition) is 2. The first-order chi connectivity index (χ1) is 9.65. The van der Waals surface area contributed by atoms with Gasteiger partial charge in [0.25, 0.3) is 5.91 Å². The first-order valence-electron chi connectivity index (χ1n) is 7.06. The van der Waals surface area contributed by atoms with Crippen LogP contribution in [0.2, 0.25) is 0 Å². The molecule has 1 aliphatic rings. The lowest BCUT2D eigenvalue weighted by atomic mass is 10.1. The van der Waals surface area contributed by atoms with Gasteiger partial charge in [0.15, 0.2) is 0 Å². The fraction of sp³-hybridized carbons (Fsp3) is 0.467. The molecule has 0 aromatic carbocycles. The standard InChI is InChI=1S/C15H19N3OS/c1-9-4-5-10(7-9)8-18-15(19)14-12(16)13-11(20-14)3-2-6-17-13/h2-3,6,9-10H,4-5,7-8,16H2,1H3,(H,18,19). The van der Waals surface area contributed by atoms with E-state index in [4.69, 9.17) is 5.73 Å². The van der Waals surface area contributed by atoms with Gasteiger partial charge in [-0.05, 0) is 36.8 Å². The summed E-state index contributed by atoms with van der Waals surface area (Å²) in [6.07, 6.45) is 5.40. The minimum absolute atomic E-state index is 0.0648. The molecule has 1 saturated carbocycles. The Balaban J connectivity index is 1.71. The van der Waals surface area contributed by atoms with Crippen molar-refractivity contribution in [2.75, 3.05) is 12.3 Å². The molecule has 20 heavy (non-hydrogen) atoms. The quantitative estimate of drug-likeness (QED) is 0.912. The van der Waals surface area contributed by atoms with Gasteiger partial charge >= 0.3 is 0 Å². The van der Waals surface area contributed by atoms with E-state index in [1.807, 2.05) is 12.1 Å². The van der Waals surface area contributed by atoms with E-state index in [2.05, 4.69) is 17.2 Å².